The molecule has 6 nitrogen and oxygen atoms in total. The van der Waals surface area contributed by atoms with Crippen molar-refractivity contribution in [2.45, 2.75) is 0 Å². The number of benzene rings is 6. The molecule has 0 aliphatic heterocycles. The van der Waals surface area contributed by atoms with E-state index in [1.807, 2.05) is 109 Å². The third kappa shape index (κ3) is 5.46. The summed E-state index contributed by atoms with van der Waals surface area (Å²) in [5, 5.41) is 2.22. The fourth-order valence-electron chi connectivity index (χ4n) is 6.35. The molecule has 0 spiro atoms. The summed E-state index contributed by atoms with van der Waals surface area (Å²) >= 11 is 0. The van der Waals surface area contributed by atoms with Crippen LogP contribution in [0.15, 0.2) is 169 Å². The summed E-state index contributed by atoms with van der Waals surface area (Å²) in [6.45, 7) is 0. The van der Waals surface area contributed by atoms with Gasteiger partial charge in [-0.3, -0.25) is 4.57 Å². The minimum absolute atomic E-state index is 0. The van der Waals surface area contributed by atoms with Crippen molar-refractivity contribution in [3.8, 4) is 28.7 Å². The predicted octanol–water partition coefficient (Wildman–Crippen LogP) is 9.54. The molecule has 49 heavy (non-hydrogen) atoms. The van der Waals surface area contributed by atoms with Gasteiger partial charge in [0, 0.05) is 28.9 Å². The van der Waals surface area contributed by atoms with Crippen LogP contribution in [0.4, 0.5) is 5.69 Å². The first-order valence-corrected chi connectivity index (χ1v) is 15.8. The molecule has 0 bridgehead atoms. The van der Waals surface area contributed by atoms with E-state index in [1.165, 1.54) is 0 Å². The topological polar surface area (TPSA) is 49.3 Å². The fraction of sp³-hybridized carbons (Fsp3) is 0. The van der Waals surface area contributed by atoms with Crippen LogP contribution in [0.25, 0.3) is 50.0 Å². The molecular formula is C42H27N5OPt. The van der Waals surface area contributed by atoms with Crippen LogP contribution in [0.3, 0.4) is 0 Å². The van der Waals surface area contributed by atoms with Crippen molar-refractivity contribution in [3.63, 3.8) is 0 Å². The molecule has 0 N–H and O–H groups in total. The molecule has 3 heterocycles. The molecule has 0 aliphatic rings. The molecule has 7 heteroatoms. The summed E-state index contributed by atoms with van der Waals surface area (Å²) in [7, 11) is 0. The number of fused-ring (bicyclic) bond motifs is 4. The number of hydrogen-bond donors (Lipinski definition) is 0. The Morgan fingerprint density at radius 3 is 1.96 bits per heavy atom. The molecule has 0 radical (unpaired) electrons. The van der Waals surface area contributed by atoms with Crippen LogP contribution < -0.4 is 10.4 Å². The SMILES string of the molecule is [Pt+2].[c-]1c(Oc2[c-]c3c(cc2)c2ccccc2n3-c2ccccn2)cccc1-n1c(=Nc2ccccc2)n(-c2ccccc2)c2ccccc21. The van der Waals surface area contributed by atoms with Gasteiger partial charge in [0.15, 0.2) is 0 Å². The van der Waals surface area contributed by atoms with Crippen LogP contribution >= 0.6 is 0 Å². The maximum Gasteiger partial charge on any atom is 2.00 e. The second-order valence-electron chi connectivity index (χ2n) is 11.4. The van der Waals surface area contributed by atoms with Gasteiger partial charge in [0.05, 0.1) is 16.7 Å². The van der Waals surface area contributed by atoms with Gasteiger partial charge in [-0.05, 0) is 60.0 Å². The predicted molar refractivity (Wildman–Crippen MR) is 191 cm³/mol. The molecule has 0 amide bonds. The van der Waals surface area contributed by atoms with Gasteiger partial charge in [-0.1, -0.05) is 84.0 Å². The first kappa shape index (κ1) is 30.4. The van der Waals surface area contributed by atoms with Crippen molar-refractivity contribution < 1.29 is 25.8 Å². The van der Waals surface area contributed by atoms with Gasteiger partial charge in [-0.2, -0.15) is 12.1 Å². The van der Waals surface area contributed by atoms with E-state index in [4.69, 9.17) is 9.73 Å². The molecule has 0 unspecified atom stereocenters. The number of para-hydroxylation sites is 5. The van der Waals surface area contributed by atoms with Crippen molar-refractivity contribution in [2.75, 3.05) is 0 Å². The summed E-state index contributed by atoms with van der Waals surface area (Å²) in [5.74, 6) is 1.98. The molecule has 0 aliphatic carbocycles. The van der Waals surface area contributed by atoms with Gasteiger partial charge in [0.2, 0.25) is 5.62 Å². The van der Waals surface area contributed by atoms with Gasteiger partial charge in [-0.15, -0.1) is 35.7 Å². The number of ether oxygens (including phenoxy) is 1. The molecule has 6 aromatic carbocycles. The molecule has 0 atom stereocenters. The third-order valence-corrected chi connectivity index (χ3v) is 8.41. The van der Waals surface area contributed by atoms with Crippen molar-refractivity contribution in [3.05, 3.63) is 182 Å². The zero-order valence-electron chi connectivity index (χ0n) is 26.0. The number of aromatic nitrogens is 4. The van der Waals surface area contributed by atoms with Crippen LogP contribution in [0, 0.1) is 12.1 Å². The zero-order valence-corrected chi connectivity index (χ0v) is 28.3. The van der Waals surface area contributed by atoms with E-state index < -0.39 is 0 Å². The summed E-state index contributed by atoms with van der Waals surface area (Å²) in [4.78, 5) is 9.84. The van der Waals surface area contributed by atoms with E-state index >= 15 is 0 Å². The van der Waals surface area contributed by atoms with Gasteiger partial charge in [-0.25, -0.2) is 9.98 Å². The summed E-state index contributed by atoms with van der Waals surface area (Å²) in [6, 6.07) is 60.0. The Morgan fingerprint density at radius 2 is 1.18 bits per heavy atom. The molecule has 9 rings (SSSR count). The Labute approximate surface area is 297 Å². The maximum absolute atomic E-state index is 6.50. The molecular weight excluding hydrogens is 786 g/mol. The normalized spacial score (nSPS) is 11.6. The smallest absolute Gasteiger partial charge is 0.509 e. The number of hydrogen-bond acceptors (Lipinski definition) is 3. The van der Waals surface area contributed by atoms with Crippen LogP contribution in [0.1, 0.15) is 0 Å². The van der Waals surface area contributed by atoms with E-state index in [0.29, 0.717) is 11.5 Å². The Morgan fingerprint density at radius 1 is 0.510 bits per heavy atom. The van der Waals surface area contributed by atoms with E-state index in [2.05, 4.69) is 85.4 Å². The summed E-state index contributed by atoms with van der Waals surface area (Å²) in [5.41, 5.74) is 7.40. The number of nitrogens with zero attached hydrogens (tertiary/aromatic N) is 5. The fourth-order valence-corrected chi connectivity index (χ4v) is 6.35. The van der Waals surface area contributed by atoms with E-state index in [1.54, 1.807) is 0 Å². The van der Waals surface area contributed by atoms with Gasteiger partial charge >= 0.3 is 21.1 Å². The molecule has 0 saturated heterocycles. The number of pyridine rings is 1. The van der Waals surface area contributed by atoms with Crippen molar-refractivity contribution in [2.24, 2.45) is 4.99 Å². The van der Waals surface area contributed by atoms with E-state index in [0.717, 1.165) is 61.3 Å². The van der Waals surface area contributed by atoms with Crippen molar-refractivity contribution in [1.82, 2.24) is 18.7 Å². The quantitative estimate of drug-likeness (QED) is 0.157. The first-order chi connectivity index (χ1) is 23.8. The van der Waals surface area contributed by atoms with Gasteiger partial charge < -0.3 is 13.9 Å². The molecule has 0 fully saturated rings. The maximum atomic E-state index is 6.50. The number of rotatable bonds is 6. The first-order valence-electron chi connectivity index (χ1n) is 15.8. The summed E-state index contributed by atoms with van der Waals surface area (Å²) in [6.07, 6.45) is 1.81. The van der Waals surface area contributed by atoms with E-state index in [-0.39, 0.29) is 21.1 Å². The van der Waals surface area contributed by atoms with Gasteiger partial charge in [0.1, 0.15) is 5.82 Å². The average molecular weight is 813 g/mol. The number of imidazole rings is 1. The summed E-state index contributed by atoms with van der Waals surface area (Å²) < 4.78 is 12.9. The largest absolute Gasteiger partial charge is 2.00 e. The second-order valence-corrected chi connectivity index (χ2v) is 11.4. The molecule has 9 aromatic rings. The monoisotopic (exact) mass is 812 g/mol. The van der Waals surface area contributed by atoms with Crippen molar-refractivity contribution in [1.29, 1.82) is 0 Å². The third-order valence-electron chi connectivity index (χ3n) is 8.41. The van der Waals surface area contributed by atoms with Gasteiger partial charge in [0.25, 0.3) is 0 Å². The standard InChI is InChI=1S/C42H27N5O.Pt/c1-3-14-30(15-4-1)44-42-45(31-16-5-2-6-17-31)38-22-9-10-23-39(38)46(42)32-18-13-19-33(28-32)48-34-25-26-36-35-20-7-8-21-37(35)47(40(36)29-34)41-24-11-12-27-43-41;/h1-27H;/q-2;+2. The van der Waals surface area contributed by atoms with Crippen molar-refractivity contribution >= 4 is 38.5 Å². The molecule has 3 aromatic heterocycles. The van der Waals surface area contributed by atoms with Crippen LogP contribution in [-0.4, -0.2) is 18.7 Å². The Bertz CT molecular complexity index is 2640. The average Bonchev–Trinajstić information content (AvgIpc) is 3.65. The minimum atomic E-state index is 0. The van der Waals surface area contributed by atoms with Crippen LogP contribution in [0.5, 0.6) is 11.5 Å². The van der Waals surface area contributed by atoms with Crippen LogP contribution in [-0.2, 0) is 21.1 Å². The Kier molecular flexibility index (Phi) is 8.00. The Hall–Kier alpha value is -5.97. The van der Waals surface area contributed by atoms with E-state index in [9.17, 15) is 0 Å². The van der Waals surface area contributed by atoms with Crippen LogP contribution in [0.2, 0.25) is 0 Å². The zero-order chi connectivity index (χ0) is 31.9. The Balaban J connectivity index is 0.00000348. The molecule has 236 valence electrons. The second kappa shape index (κ2) is 12.9. The minimum Gasteiger partial charge on any atom is -0.509 e. The molecule has 0 saturated carbocycles.